The molecule has 0 unspecified atom stereocenters. The van der Waals surface area contributed by atoms with Crippen LogP contribution in [0.4, 0.5) is 13.2 Å². The van der Waals surface area contributed by atoms with E-state index in [-0.39, 0.29) is 34.1 Å². The van der Waals surface area contributed by atoms with Crippen molar-refractivity contribution in [1.82, 2.24) is 14.6 Å². The van der Waals surface area contributed by atoms with Gasteiger partial charge < -0.3 is 5.11 Å². The Morgan fingerprint density at radius 3 is 2.46 bits per heavy atom. The molecular weight excluding hydrogens is 347 g/mol. The van der Waals surface area contributed by atoms with E-state index in [2.05, 4.69) is 10.1 Å². The third-order valence-corrected chi connectivity index (χ3v) is 4.11. The number of nitrogens with zero attached hydrogens (tertiary/aromatic N) is 3. The van der Waals surface area contributed by atoms with Gasteiger partial charge in [0.2, 0.25) is 0 Å². The molecule has 0 bridgehead atoms. The normalized spacial score (nSPS) is 12.1. The fourth-order valence-corrected chi connectivity index (χ4v) is 2.90. The lowest BCUT2D eigenvalue weighted by Gasteiger charge is -2.15. The van der Waals surface area contributed by atoms with Gasteiger partial charge in [0.25, 0.3) is 0 Å². The minimum absolute atomic E-state index is 0.0353. The van der Waals surface area contributed by atoms with Gasteiger partial charge in [-0.2, -0.15) is 18.3 Å². The molecule has 3 rings (SSSR count). The van der Waals surface area contributed by atoms with Crippen LogP contribution >= 0.6 is 0 Å². The molecule has 0 spiro atoms. The zero-order chi connectivity index (χ0) is 19.2. The van der Waals surface area contributed by atoms with E-state index in [4.69, 9.17) is 0 Å². The van der Waals surface area contributed by atoms with E-state index >= 15 is 0 Å². The van der Waals surface area contributed by atoms with Crippen molar-refractivity contribution in [3.05, 3.63) is 52.8 Å². The Labute approximate surface area is 147 Å². The molecule has 0 atom stereocenters. The molecule has 8 heteroatoms. The second-order valence-corrected chi connectivity index (χ2v) is 6.27. The number of aromatic carboxylic acids is 1. The summed E-state index contributed by atoms with van der Waals surface area (Å²) in [5.74, 6) is -1.32. The first-order chi connectivity index (χ1) is 12.1. The van der Waals surface area contributed by atoms with E-state index in [0.29, 0.717) is 5.69 Å². The molecule has 1 aromatic carbocycles. The molecule has 2 heterocycles. The van der Waals surface area contributed by atoms with Crippen LogP contribution in [0.15, 0.2) is 30.3 Å². The monoisotopic (exact) mass is 363 g/mol. The minimum Gasteiger partial charge on any atom is -0.477 e. The molecule has 0 aliphatic heterocycles. The number of rotatable bonds is 3. The molecule has 136 valence electrons. The van der Waals surface area contributed by atoms with Crippen LogP contribution < -0.4 is 0 Å². The van der Waals surface area contributed by atoms with Crippen LogP contribution in [0.25, 0.3) is 16.9 Å². The number of halogens is 3. The van der Waals surface area contributed by atoms with Crippen molar-refractivity contribution in [3.8, 4) is 11.3 Å². The zero-order valence-corrected chi connectivity index (χ0v) is 14.3. The lowest BCUT2D eigenvalue weighted by Crippen LogP contribution is -2.09. The molecule has 0 saturated heterocycles. The number of carboxylic acids is 1. The Morgan fingerprint density at radius 2 is 1.88 bits per heavy atom. The topological polar surface area (TPSA) is 67.5 Å². The molecule has 0 saturated carbocycles. The fourth-order valence-electron chi connectivity index (χ4n) is 2.90. The maximum Gasteiger partial charge on any atom is 0.417 e. The van der Waals surface area contributed by atoms with Gasteiger partial charge in [-0.1, -0.05) is 32.0 Å². The first-order valence-electron chi connectivity index (χ1n) is 7.91. The number of alkyl halides is 3. The van der Waals surface area contributed by atoms with Crippen molar-refractivity contribution in [1.29, 1.82) is 0 Å². The van der Waals surface area contributed by atoms with Crippen molar-refractivity contribution in [2.45, 2.75) is 32.9 Å². The summed E-state index contributed by atoms with van der Waals surface area (Å²) in [7, 11) is 0. The van der Waals surface area contributed by atoms with Gasteiger partial charge in [-0.25, -0.2) is 14.3 Å². The summed E-state index contributed by atoms with van der Waals surface area (Å²) >= 11 is 0. The second-order valence-electron chi connectivity index (χ2n) is 6.27. The average molecular weight is 363 g/mol. The number of carboxylic acid groups (broad SMARTS) is 1. The predicted octanol–water partition coefficient (Wildman–Crippen LogP) is 4.55. The molecule has 5 nitrogen and oxygen atoms in total. The van der Waals surface area contributed by atoms with Gasteiger partial charge in [0.05, 0.1) is 17.0 Å². The van der Waals surface area contributed by atoms with E-state index in [1.165, 1.54) is 35.7 Å². The number of hydrogen-bond acceptors (Lipinski definition) is 3. The molecule has 2 aromatic heterocycles. The molecule has 26 heavy (non-hydrogen) atoms. The number of benzene rings is 1. The van der Waals surface area contributed by atoms with Crippen molar-refractivity contribution >= 4 is 11.6 Å². The molecule has 0 aliphatic carbocycles. The largest absolute Gasteiger partial charge is 0.477 e. The maximum absolute atomic E-state index is 13.4. The van der Waals surface area contributed by atoms with Crippen LogP contribution in [-0.4, -0.2) is 25.7 Å². The van der Waals surface area contributed by atoms with E-state index < -0.39 is 17.7 Å². The summed E-state index contributed by atoms with van der Waals surface area (Å²) in [6.07, 6.45) is -4.55. The molecule has 0 fully saturated rings. The van der Waals surface area contributed by atoms with Crippen LogP contribution in [0.3, 0.4) is 0 Å². The van der Waals surface area contributed by atoms with E-state index in [1.807, 2.05) is 13.8 Å². The third-order valence-electron chi connectivity index (χ3n) is 4.11. The van der Waals surface area contributed by atoms with Gasteiger partial charge in [-0.15, -0.1) is 0 Å². The Hall–Kier alpha value is -2.90. The Morgan fingerprint density at radius 1 is 1.23 bits per heavy atom. The van der Waals surface area contributed by atoms with Crippen molar-refractivity contribution in [2.75, 3.05) is 0 Å². The third kappa shape index (κ3) is 2.91. The van der Waals surface area contributed by atoms with Gasteiger partial charge in [0.15, 0.2) is 5.65 Å². The summed E-state index contributed by atoms with van der Waals surface area (Å²) < 4.78 is 41.5. The quantitative estimate of drug-likeness (QED) is 0.742. The summed E-state index contributed by atoms with van der Waals surface area (Å²) in [6, 6.07) is 6.64. The molecule has 0 radical (unpaired) electrons. The van der Waals surface area contributed by atoms with Crippen LogP contribution in [0.2, 0.25) is 0 Å². The summed E-state index contributed by atoms with van der Waals surface area (Å²) in [5.41, 5.74) is -0.0899. The van der Waals surface area contributed by atoms with Crippen molar-refractivity contribution < 1.29 is 23.1 Å². The predicted molar refractivity (Wildman–Crippen MR) is 89.2 cm³/mol. The standard InChI is InChI=1S/C18H16F3N3O2/c1-9(2)14-8-13(11-6-4-5-7-12(11)18(19,20)21)22-16-15(17(25)26)10(3)23-24(14)16/h4-9H,1-3H3,(H,25,26). The first-order valence-corrected chi connectivity index (χ1v) is 7.91. The molecule has 3 aromatic rings. The SMILES string of the molecule is Cc1nn2c(C(C)C)cc(-c3ccccc3C(F)(F)F)nc2c1C(=O)O. The highest BCUT2D eigenvalue weighted by molar-refractivity contribution is 5.96. The van der Waals surface area contributed by atoms with E-state index in [0.717, 1.165) is 6.07 Å². The van der Waals surface area contributed by atoms with E-state index in [1.54, 1.807) is 0 Å². The zero-order valence-electron chi connectivity index (χ0n) is 14.3. The number of aryl methyl sites for hydroxylation is 1. The smallest absolute Gasteiger partial charge is 0.417 e. The van der Waals surface area contributed by atoms with Gasteiger partial charge in [0.1, 0.15) is 5.56 Å². The Kier molecular flexibility index (Phi) is 4.21. The number of hydrogen-bond donors (Lipinski definition) is 1. The minimum atomic E-state index is -4.55. The summed E-state index contributed by atoms with van der Waals surface area (Å²) in [4.78, 5) is 15.8. The fraction of sp³-hybridized carbons (Fsp3) is 0.278. The average Bonchev–Trinajstić information content (AvgIpc) is 2.88. The van der Waals surface area contributed by atoms with Gasteiger partial charge in [-0.05, 0) is 25.0 Å². The number of aromatic nitrogens is 3. The number of carbonyl (C=O) groups is 1. The highest BCUT2D eigenvalue weighted by Gasteiger charge is 2.34. The van der Waals surface area contributed by atoms with Crippen LogP contribution in [-0.2, 0) is 6.18 Å². The Bertz CT molecular complexity index is 1010. The first kappa shape index (κ1) is 17.9. The van der Waals surface area contributed by atoms with Gasteiger partial charge in [0, 0.05) is 11.3 Å². The molecule has 0 amide bonds. The van der Waals surface area contributed by atoms with Crippen LogP contribution in [0, 0.1) is 6.92 Å². The number of fused-ring (bicyclic) bond motifs is 1. The Balaban J connectivity index is 2.39. The lowest BCUT2D eigenvalue weighted by molar-refractivity contribution is -0.137. The van der Waals surface area contributed by atoms with Gasteiger partial charge >= 0.3 is 12.1 Å². The molecule has 0 aliphatic rings. The van der Waals surface area contributed by atoms with Crippen LogP contribution in [0.1, 0.15) is 47.1 Å². The highest BCUT2D eigenvalue weighted by atomic mass is 19.4. The van der Waals surface area contributed by atoms with E-state index in [9.17, 15) is 23.1 Å². The second kappa shape index (κ2) is 6.12. The van der Waals surface area contributed by atoms with Crippen molar-refractivity contribution in [3.63, 3.8) is 0 Å². The molecular formula is C18H16F3N3O2. The summed E-state index contributed by atoms with van der Waals surface area (Å²) in [6.45, 7) is 5.24. The lowest BCUT2D eigenvalue weighted by atomic mass is 10.0. The summed E-state index contributed by atoms with van der Waals surface area (Å²) in [5, 5.41) is 13.7. The van der Waals surface area contributed by atoms with Crippen molar-refractivity contribution in [2.24, 2.45) is 0 Å². The van der Waals surface area contributed by atoms with Gasteiger partial charge in [-0.3, -0.25) is 0 Å². The van der Waals surface area contributed by atoms with Crippen LogP contribution in [0.5, 0.6) is 0 Å². The maximum atomic E-state index is 13.4. The highest BCUT2D eigenvalue weighted by Crippen LogP contribution is 2.37. The molecule has 1 N–H and O–H groups in total.